The highest BCUT2D eigenvalue weighted by Gasteiger charge is 2.27. The number of imidazole rings is 1. The minimum Gasteiger partial charge on any atom is -0.490 e. The van der Waals surface area contributed by atoms with Crippen molar-refractivity contribution in [1.82, 2.24) is 14.3 Å². The fourth-order valence-corrected chi connectivity index (χ4v) is 4.25. The van der Waals surface area contributed by atoms with Crippen molar-refractivity contribution in [1.29, 1.82) is 0 Å². The van der Waals surface area contributed by atoms with Gasteiger partial charge in [-0.2, -0.15) is 0 Å². The number of likely N-dealkylation sites (tertiary alicyclic amines) is 1. The number of fused-ring (bicyclic) bond motifs is 2. The van der Waals surface area contributed by atoms with E-state index in [9.17, 15) is 0 Å². The molecule has 1 fully saturated rings. The van der Waals surface area contributed by atoms with Crippen molar-refractivity contribution < 1.29 is 9.47 Å². The SMILES string of the molecule is Clc1ccc2nc(CN3CCC[C@@H]3c3ccc4c(c3)OCCCO4)cn2c1. The van der Waals surface area contributed by atoms with Crippen LogP contribution in [-0.4, -0.2) is 34.0 Å². The molecule has 4 heterocycles. The molecule has 2 aromatic heterocycles. The third-order valence-electron chi connectivity index (χ3n) is 5.35. The molecule has 5 rings (SSSR count). The molecule has 0 unspecified atom stereocenters. The number of halogens is 1. The van der Waals surface area contributed by atoms with Gasteiger partial charge in [0.25, 0.3) is 0 Å². The quantitative estimate of drug-likeness (QED) is 0.668. The highest BCUT2D eigenvalue weighted by Crippen LogP contribution is 2.38. The number of benzene rings is 1. The second kappa shape index (κ2) is 7.06. The Bertz CT molecular complexity index is 971. The number of pyridine rings is 1. The van der Waals surface area contributed by atoms with Crippen LogP contribution < -0.4 is 9.47 Å². The van der Waals surface area contributed by atoms with Crippen LogP contribution in [0.5, 0.6) is 11.5 Å². The van der Waals surface area contributed by atoms with Crippen molar-refractivity contribution >= 4 is 17.2 Å². The zero-order valence-electron chi connectivity index (χ0n) is 15.1. The maximum Gasteiger partial charge on any atom is 0.161 e. The van der Waals surface area contributed by atoms with Gasteiger partial charge in [-0.25, -0.2) is 4.98 Å². The Morgan fingerprint density at radius 1 is 1.04 bits per heavy atom. The van der Waals surface area contributed by atoms with Gasteiger partial charge in [-0.15, -0.1) is 0 Å². The third kappa shape index (κ3) is 3.37. The van der Waals surface area contributed by atoms with Crippen LogP contribution in [0.3, 0.4) is 0 Å². The van der Waals surface area contributed by atoms with Crippen molar-refractivity contribution in [2.24, 2.45) is 0 Å². The fraction of sp³-hybridized carbons (Fsp3) is 0.381. The second-order valence-electron chi connectivity index (χ2n) is 7.23. The predicted octanol–water partition coefficient (Wildman–Crippen LogP) is 4.49. The maximum absolute atomic E-state index is 6.09. The molecule has 0 amide bonds. The van der Waals surface area contributed by atoms with Crippen LogP contribution in [-0.2, 0) is 6.54 Å². The smallest absolute Gasteiger partial charge is 0.161 e. The Balaban J connectivity index is 1.39. The average molecular weight is 384 g/mol. The molecule has 5 nitrogen and oxygen atoms in total. The first-order valence-corrected chi connectivity index (χ1v) is 9.91. The lowest BCUT2D eigenvalue weighted by atomic mass is 10.0. The van der Waals surface area contributed by atoms with Crippen LogP contribution in [0.25, 0.3) is 5.65 Å². The van der Waals surface area contributed by atoms with Gasteiger partial charge in [0, 0.05) is 31.4 Å². The molecule has 140 valence electrons. The Kier molecular flexibility index (Phi) is 4.42. The lowest BCUT2D eigenvalue weighted by molar-refractivity contribution is 0.245. The van der Waals surface area contributed by atoms with Crippen molar-refractivity contribution in [2.45, 2.75) is 31.8 Å². The van der Waals surface area contributed by atoms with Gasteiger partial charge in [0.1, 0.15) is 5.65 Å². The number of ether oxygens (including phenoxy) is 2. The summed E-state index contributed by atoms with van der Waals surface area (Å²) in [5.41, 5.74) is 3.29. The predicted molar refractivity (Wildman–Crippen MR) is 105 cm³/mol. The average Bonchev–Trinajstić information content (AvgIpc) is 3.21. The van der Waals surface area contributed by atoms with Gasteiger partial charge in [-0.05, 0) is 49.2 Å². The fourth-order valence-electron chi connectivity index (χ4n) is 4.08. The van der Waals surface area contributed by atoms with E-state index in [4.69, 9.17) is 26.1 Å². The van der Waals surface area contributed by atoms with E-state index in [1.807, 2.05) is 22.7 Å². The second-order valence-corrected chi connectivity index (χ2v) is 7.67. The molecule has 27 heavy (non-hydrogen) atoms. The summed E-state index contributed by atoms with van der Waals surface area (Å²) in [5, 5.41) is 0.720. The Labute approximate surface area is 163 Å². The van der Waals surface area contributed by atoms with Crippen LogP contribution in [0.1, 0.15) is 36.6 Å². The zero-order valence-corrected chi connectivity index (χ0v) is 15.9. The molecule has 3 aromatic rings. The summed E-state index contributed by atoms with van der Waals surface area (Å²) in [6.07, 6.45) is 7.25. The molecule has 0 spiro atoms. The van der Waals surface area contributed by atoms with Crippen LogP contribution in [0, 0.1) is 0 Å². The lowest BCUT2D eigenvalue weighted by Gasteiger charge is -2.24. The van der Waals surface area contributed by atoms with E-state index >= 15 is 0 Å². The molecule has 2 aliphatic rings. The van der Waals surface area contributed by atoms with E-state index < -0.39 is 0 Å². The number of hydrogen-bond acceptors (Lipinski definition) is 4. The number of rotatable bonds is 3. The highest BCUT2D eigenvalue weighted by molar-refractivity contribution is 6.30. The molecule has 0 N–H and O–H groups in total. The molecule has 1 atom stereocenters. The van der Waals surface area contributed by atoms with Gasteiger partial charge in [-0.3, -0.25) is 4.90 Å². The van der Waals surface area contributed by atoms with Crippen molar-refractivity contribution in [3.63, 3.8) is 0 Å². The molecule has 2 aliphatic heterocycles. The summed E-state index contributed by atoms with van der Waals surface area (Å²) < 4.78 is 13.6. The molecule has 1 saturated heterocycles. The van der Waals surface area contributed by atoms with Crippen LogP contribution in [0.2, 0.25) is 5.02 Å². The van der Waals surface area contributed by atoms with E-state index in [-0.39, 0.29) is 0 Å². The molecule has 6 heteroatoms. The van der Waals surface area contributed by atoms with E-state index in [2.05, 4.69) is 29.3 Å². The first kappa shape index (κ1) is 16.9. The summed E-state index contributed by atoms with van der Waals surface area (Å²) in [6.45, 7) is 3.35. The largest absolute Gasteiger partial charge is 0.490 e. The van der Waals surface area contributed by atoms with E-state index in [1.54, 1.807) is 0 Å². The van der Waals surface area contributed by atoms with Crippen LogP contribution in [0.15, 0.2) is 42.7 Å². The van der Waals surface area contributed by atoms with Gasteiger partial charge in [0.2, 0.25) is 0 Å². The summed E-state index contributed by atoms with van der Waals surface area (Å²) in [6, 6.07) is 10.6. The molecule has 0 saturated carbocycles. The normalized spacial score (nSPS) is 20.1. The van der Waals surface area contributed by atoms with Gasteiger partial charge in [-0.1, -0.05) is 17.7 Å². The van der Waals surface area contributed by atoms with Crippen molar-refractivity contribution in [2.75, 3.05) is 19.8 Å². The molecule has 1 aromatic carbocycles. The Hall–Kier alpha value is -2.24. The van der Waals surface area contributed by atoms with Gasteiger partial charge < -0.3 is 13.9 Å². The van der Waals surface area contributed by atoms with Gasteiger partial charge >= 0.3 is 0 Å². The molecular weight excluding hydrogens is 362 g/mol. The minimum atomic E-state index is 0.385. The standard InChI is InChI=1S/C21H22ClN3O2/c22-16-5-7-21-23-17(14-25(21)12-16)13-24-8-1-3-18(24)15-4-6-19-20(11-15)27-10-2-9-26-19/h4-7,11-12,14,18H,1-3,8-10,13H2/t18-/m1/s1. The number of nitrogens with zero attached hydrogens (tertiary/aromatic N) is 3. The Morgan fingerprint density at radius 2 is 1.93 bits per heavy atom. The Morgan fingerprint density at radius 3 is 2.85 bits per heavy atom. The van der Waals surface area contributed by atoms with Crippen molar-refractivity contribution in [3.05, 3.63) is 59.0 Å². The number of aromatic nitrogens is 2. The minimum absolute atomic E-state index is 0.385. The maximum atomic E-state index is 6.09. The zero-order chi connectivity index (χ0) is 18.2. The van der Waals surface area contributed by atoms with E-state index in [1.165, 1.54) is 12.0 Å². The topological polar surface area (TPSA) is 39.0 Å². The summed E-state index contributed by atoms with van der Waals surface area (Å²) in [7, 11) is 0. The molecule has 0 bridgehead atoms. The van der Waals surface area contributed by atoms with E-state index in [0.717, 1.165) is 60.4 Å². The first-order valence-electron chi connectivity index (χ1n) is 9.53. The first-order chi connectivity index (χ1) is 13.3. The third-order valence-corrected chi connectivity index (χ3v) is 5.57. The summed E-state index contributed by atoms with van der Waals surface area (Å²) in [4.78, 5) is 7.25. The summed E-state index contributed by atoms with van der Waals surface area (Å²) in [5.74, 6) is 1.73. The molecular formula is C21H22ClN3O2. The van der Waals surface area contributed by atoms with Crippen LogP contribution in [0.4, 0.5) is 0 Å². The molecule has 0 radical (unpaired) electrons. The number of hydrogen-bond donors (Lipinski definition) is 0. The highest BCUT2D eigenvalue weighted by atomic mass is 35.5. The van der Waals surface area contributed by atoms with Crippen LogP contribution >= 0.6 is 11.6 Å². The van der Waals surface area contributed by atoms with Crippen molar-refractivity contribution in [3.8, 4) is 11.5 Å². The summed E-state index contributed by atoms with van der Waals surface area (Å²) >= 11 is 6.09. The molecule has 0 aliphatic carbocycles. The van der Waals surface area contributed by atoms with E-state index in [0.29, 0.717) is 12.6 Å². The van der Waals surface area contributed by atoms with Gasteiger partial charge in [0.15, 0.2) is 11.5 Å². The monoisotopic (exact) mass is 383 g/mol. The van der Waals surface area contributed by atoms with Gasteiger partial charge in [0.05, 0.1) is 23.9 Å². The lowest BCUT2D eigenvalue weighted by Crippen LogP contribution is -2.23.